The fraction of sp³-hybridized carbons (Fsp3) is 0.800. The van der Waals surface area contributed by atoms with E-state index >= 15 is 0 Å². The third kappa shape index (κ3) is 7.96. The topological polar surface area (TPSA) is 156 Å². The van der Waals surface area contributed by atoms with Crippen molar-refractivity contribution in [2.75, 3.05) is 13.2 Å². The van der Waals surface area contributed by atoms with Gasteiger partial charge in [-0.2, -0.15) is 18.2 Å². The highest BCUT2D eigenvalue weighted by Gasteiger charge is 2.43. The van der Waals surface area contributed by atoms with E-state index in [1.54, 1.807) is 6.92 Å². The molecule has 13 heteroatoms. The zero-order chi connectivity index (χ0) is 22.2. The number of hydrogen-bond acceptors (Lipinski definition) is 7. The first-order valence-electron chi connectivity index (χ1n) is 8.51. The number of rotatable bonds is 11. The minimum absolute atomic E-state index is 0.0667. The summed E-state index contributed by atoms with van der Waals surface area (Å²) in [5, 5.41) is 31.0. The van der Waals surface area contributed by atoms with Crippen molar-refractivity contribution < 1.29 is 43.0 Å². The molecular formula is C15H27F3N4O6. The lowest BCUT2D eigenvalue weighted by atomic mass is 10.1. The van der Waals surface area contributed by atoms with Crippen molar-refractivity contribution in [2.24, 2.45) is 5.73 Å². The van der Waals surface area contributed by atoms with Crippen LogP contribution in [0, 0.1) is 0 Å². The van der Waals surface area contributed by atoms with Crippen molar-refractivity contribution in [3.8, 4) is 0 Å². The number of hydrogen-bond donors (Lipinski definition) is 5. The van der Waals surface area contributed by atoms with Gasteiger partial charge >= 0.3 is 12.1 Å². The highest BCUT2D eigenvalue weighted by molar-refractivity contribution is 5.90. The molecule has 0 heterocycles. The smallest absolute Gasteiger partial charge is 0.391 e. The van der Waals surface area contributed by atoms with Crippen LogP contribution < -0.4 is 11.1 Å². The zero-order valence-corrected chi connectivity index (χ0v) is 15.8. The van der Waals surface area contributed by atoms with Crippen LogP contribution in [0.5, 0.6) is 0 Å². The number of hydroxylamine groups is 2. The molecule has 0 aromatic carbocycles. The summed E-state index contributed by atoms with van der Waals surface area (Å²) < 4.78 is 37.5. The number of alkyl halides is 3. The molecular weight excluding hydrogens is 389 g/mol. The number of halogens is 3. The van der Waals surface area contributed by atoms with Gasteiger partial charge in [-0.1, -0.05) is 13.3 Å². The SMILES string of the molecule is CCCCN(CN(O)[C@H](C(N)=O)[C@@H](C)O)C(=O)[C@@H](NC(=O)C(F)(F)F)[C@@H](C)O. The summed E-state index contributed by atoms with van der Waals surface area (Å²) in [7, 11) is 0. The van der Waals surface area contributed by atoms with Crippen LogP contribution in [-0.2, 0) is 14.4 Å². The van der Waals surface area contributed by atoms with E-state index in [4.69, 9.17) is 5.73 Å². The number of aliphatic hydroxyl groups is 2. The van der Waals surface area contributed by atoms with Gasteiger partial charge in [0, 0.05) is 6.54 Å². The van der Waals surface area contributed by atoms with Crippen molar-refractivity contribution >= 4 is 17.7 Å². The molecule has 0 bridgehead atoms. The molecule has 0 saturated carbocycles. The van der Waals surface area contributed by atoms with E-state index < -0.39 is 54.9 Å². The largest absolute Gasteiger partial charge is 0.471 e. The van der Waals surface area contributed by atoms with E-state index in [0.29, 0.717) is 12.8 Å². The number of aliphatic hydroxyl groups excluding tert-OH is 2. The number of nitrogens with two attached hydrogens (primary N) is 1. The number of primary amides is 1. The van der Waals surface area contributed by atoms with Crippen LogP contribution in [-0.4, -0.2) is 86.8 Å². The van der Waals surface area contributed by atoms with Crippen molar-refractivity contribution in [3.63, 3.8) is 0 Å². The minimum atomic E-state index is -5.27. The van der Waals surface area contributed by atoms with Crippen LogP contribution >= 0.6 is 0 Å². The quantitative estimate of drug-likeness (QED) is 0.212. The second kappa shape index (κ2) is 11.1. The maximum Gasteiger partial charge on any atom is 0.471 e. The Labute approximate surface area is 160 Å². The number of amides is 3. The number of nitrogens with zero attached hydrogens (tertiary/aromatic N) is 2. The molecule has 0 aromatic rings. The predicted octanol–water partition coefficient (Wildman–Crippen LogP) is -1.07. The third-order valence-corrected chi connectivity index (χ3v) is 3.77. The molecule has 164 valence electrons. The van der Waals surface area contributed by atoms with E-state index in [0.717, 1.165) is 11.8 Å². The molecule has 0 spiro atoms. The lowest BCUT2D eigenvalue weighted by molar-refractivity contribution is -0.189. The molecule has 0 aliphatic heterocycles. The molecule has 0 aliphatic carbocycles. The van der Waals surface area contributed by atoms with Crippen molar-refractivity contribution in [3.05, 3.63) is 0 Å². The lowest BCUT2D eigenvalue weighted by Crippen LogP contribution is -2.59. The van der Waals surface area contributed by atoms with Gasteiger partial charge in [-0.3, -0.25) is 14.4 Å². The maximum atomic E-state index is 12.6. The average Bonchev–Trinajstić information content (AvgIpc) is 2.53. The lowest BCUT2D eigenvalue weighted by Gasteiger charge is -2.34. The minimum Gasteiger partial charge on any atom is -0.391 e. The first kappa shape index (κ1) is 26.0. The second-order valence-corrected chi connectivity index (χ2v) is 6.31. The molecule has 0 saturated heterocycles. The number of carbonyl (C=O) groups is 3. The summed E-state index contributed by atoms with van der Waals surface area (Å²) in [6.45, 7) is 3.17. The molecule has 0 radical (unpaired) electrons. The molecule has 6 N–H and O–H groups in total. The summed E-state index contributed by atoms with van der Waals surface area (Å²) in [4.78, 5) is 36.0. The van der Waals surface area contributed by atoms with Gasteiger partial charge in [0.2, 0.25) is 11.8 Å². The first-order valence-corrected chi connectivity index (χ1v) is 8.51. The molecule has 3 amide bonds. The summed E-state index contributed by atoms with van der Waals surface area (Å²) in [5.74, 6) is -4.63. The monoisotopic (exact) mass is 416 g/mol. The van der Waals surface area contributed by atoms with Gasteiger partial charge in [0.25, 0.3) is 0 Å². The molecule has 4 atom stereocenters. The maximum absolute atomic E-state index is 12.6. The van der Waals surface area contributed by atoms with Gasteiger partial charge in [-0.05, 0) is 20.3 Å². The Hall–Kier alpha value is -1.96. The van der Waals surface area contributed by atoms with Crippen molar-refractivity contribution in [2.45, 2.75) is 64.1 Å². The Morgan fingerprint density at radius 1 is 1.14 bits per heavy atom. The highest BCUT2D eigenvalue weighted by atomic mass is 19.4. The molecule has 0 rings (SSSR count). The van der Waals surface area contributed by atoms with Crippen LogP contribution in [0.2, 0.25) is 0 Å². The van der Waals surface area contributed by atoms with Gasteiger partial charge in [0.15, 0.2) is 0 Å². The first-order chi connectivity index (χ1) is 12.7. The third-order valence-electron chi connectivity index (χ3n) is 3.77. The molecule has 10 nitrogen and oxygen atoms in total. The summed E-state index contributed by atoms with van der Waals surface area (Å²) in [6.07, 6.45) is -7.43. The van der Waals surface area contributed by atoms with Crippen LogP contribution in [0.15, 0.2) is 0 Å². The van der Waals surface area contributed by atoms with E-state index in [9.17, 15) is 43.0 Å². The van der Waals surface area contributed by atoms with E-state index in [1.165, 1.54) is 12.2 Å². The summed E-state index contributed by atoms with van der Waals surface area (Å²) in [5.41, 5.74) is 5.09. The van der Waals surface area contributed by atoms with Crippen molar-refractivity contribution in [1.82, 2.24) is 15.3 Å². The van der Waals surface area contributed by atoms with Crippen LogP contribution in [0.3, 0.4) is 0 Å². The van der Waals surface area contributed by atoms with Crippen LogP contribution in [0.4, 0.5) is 13.2 Å². The van der Waals surface area contributed by atoms with E-state index in [1.807, 2.05) is 0 Å². The van der Waals surface area contributed by atoms with Crippen LogP contribution in [0.1, 0.15) is 33.6 Å². The van der Waals surface area contributed by atoms with Crippen molar-refractivity contribution in [1.29, 1.82) is 0 Å². The Kier molecular flexibility index (Phi) is 10.4. The predicted molar refractivity (Wildman–Crippen MR) is 89.4 cm³/mol. The Bertz CT molecular complexity index is 544. The standard InChI is InChI=1S/C15H27F3N4O6/c1-4-5-6-21(7-22(28)11(9(3)24)12(19)25)13(26)10(8(2)23)20-14(27)15(16,17)18/h8-11,23-24,28H,4-7H2,1-3H3,(H2,19,25)(H,20,27)/t8-,9-,10+,11+/m1/s1. The molecule has 28 heavy (non-hydrogen) atoms. The zero-order valence-electron chi connectivity index (χ0n) is 15.8. The second-order valence-electron chi connectivity index (χ2n) is 6.31. The fourth-order valence-electron chi connectivity index (χ4n) is 2.30. The van der Waals surface area contributed by atoms with E-state index in [-0.39, 0.29) is 11.6 Å². The Morgan fingerprint density at radius 2 is 1.68 bits per heavy atom. The number of nitrogens with one attached hydrogen (secondary N) is 1. The van der Waals surface area contributed by atoms with Gasteiger partial charge in [-0.15, -0.1) is 0 Å². The molecule has 0 aromatic heterocycles. The Balaban J connectivity index is 5.55. The normalized spacial score (nSPS) is 16.2. The van der Waals surface area contributed by atoms with E-state index in [2.05, 4.69) is 0 Å². The van der Waals surface area contributed by atoms with Crippen LogP contribution in [0.25, 0.3) is 0 Å². The molecule has 0 fully saturated rings. The molecule has 0 aliphatic rings. The Morgan fingerprint density at radius 3 is 2.04 bits per heavy atom. The number of carbonyl (C=O) groups excluding carboxylic acids is 3. The van der Waals surface area contributed by atoms with Gasteiger partial charge < -0.3 is 31.4 Å². The van der Waals surface area contributed by atoms with Gasteiger partial charge in [0.05, 0.1) is 18.9 Å². The van der Waals surface area contributed by atoms with Gasteiger partial charge in [0.1, 0.15) is 12.1 Å². The fourth-order valence-corrected chi connectivity index (χ4v) is 2.30. The summed E-state index contributed by atoms with van der Waals surface area (Å²) in [6, 6.07) is -3.54. The number of unbranched alkanes of at least 4 members (excludes halogenated alkanes) is 1. The molecule has 0 unspecified atom stereocenters. The van der Waals surface area contributed by atoms with Gasteiger partial charge in [-0.25, -0.2) is 0 Å². The average molecular weight is 416 g/mol. The highest BCUT2D eigenvalue weighted by Crippen LogP contribution is 2.16. The summed E-state index contributed by atoms with van der Waals surface area (Å²) >= 11 is 0.